The van der Waals surface area contributed by atoms with Crippen molar-refractivity contribution in [2.75, 3.05) is 0 Å². The number of halogens is 1. The number of benzene rings is 1. The fraction of sp³-hybridized carbons (Fsp3) is 0.0952. The Morgan fingerprint density at radius 1 is 1.00 bits per heavy atom. The average Bonchev–Trinajstić information content (AvgIpc) is 3.36. The molecule has 4 aromatic rings. The summed E-state index contributed by atoms with van der Waals surface area (Å²) >= 11 is 7.17. The predicted molar refractivity (Wildman–Crippen MR) is 107 cm³/mol. The second-order valence-corrected chi connectivity index (χ2v) is 7.71. The van der Waals surface area contributed by atoms with E-state index in [9.17, 15) is 4.79 Å². The first-order valence-electron chi connectivity index (χ1n) is 8.45. The Kier molecular flexibility index (Phi) is 5.14. The zero-order valence-electron chi connectivity index (χ0n) is 14.3. The maximum absolute atomic E-state index is 12.2. The quantitative estimate of drug-likeness (QED) is 0.380. The molecule has 0 saturated heterocycles. The van der Waals surface area contributed by atoms with Gasteiger partial charge < -0.3 is 4.52 Å². The lowest BCUT2D eigenvalue weighted by molar-refractivity contribution is 0.0984. The lowest BCUT2D eigenvalue weighted by Crippen LogP contribution is -1.97. The van der Waals surface area contributed by atoms with Gasteiger partial charge in [-0.2, -0.15) is 0 Å². The molecule has 0 saturated carbocycles. The number of aromatic nitrogens is 2. The van der Waals surface area contributed by atoms with E-state index in [4.69, 9.17) is 16.1 Å². The molecule has 4 nitrogen and oxygen atoms in total. The zero-order chi connectivity index (χ0) is 18.6. The Morgan fingerprint density at radius 3 is 2.44 bits per heavy atom. The van der Waals surface area contributed by atoms with E-state index in [0.717, 1.165) is 22.5 Å². The predicted octanol–water partition coefficient (Wildman–Crippen LogP) is 5.93. The van der Waals surface area contributed by atoms with E-state index in [2.05, 4.69) is 10.1 Å². The van der Waals surface area contributed by atoms with Gasteiger partial charge in [-0.3, -0.25) is 9.78 Å². The van der Waals surface area contributed by atoms with Crippen LogP contribution in [0.3, 0.4) is 0 Å². The molecule has 27 heavy (non-hydrogen) atoms. The van der Waals surface area contributed by atoms with Crippen molar-refractivity contribution >= 4 is 28.7 Å². The number of pyridine rings is 1. The van der Waals surface area contributed by atoms with Gasteiger partial charge in [0.2, 0.25) is 0 Å². The Labute approximate surface area is 165 Å². The molecule has 0 spiro atoms. The van der Waals surface area contributed by atoms with Gasteiger partial charge >= 0.3 is 0 Å². The fourth-order valence-corrected chi connectivity index (χ4v) is 3.75. The average molecular weight is 395 g/mol. The van der Waals surface area contributed by atoms with Crippen LogP contribution in [-0.2, 0) is 6.42 Å². The summed E-state index contributed by atoms with van der Waals surface area (Å²) in [5, 5.41) is 4.12. The Hall–Kier alpha value is -2.76. The largest absolute Gasteiger partial charge is 0.361 e. The third-order valence-electron chi connectivity index (χ3n) is 4.15. The topological polar surface area (TPSA) is 56.0 Å². The van der Waals surface area contributed by atoms with E-state index in [1.54, 1.807) is 18.3 Å². The summed E-state index contributed by atoms with van der Waals surface area (Å²) in [5.74, 6) is 0.749. The van der Waals surface area contributed by atoms with Gasteiger partial charge in [0.25, 0.3) is 0 Å². The molecule has 1 aromatic carbocycles. The minimum absolute atomic E-state index is 0.0598. The van der Waals surface area contributed by atoms with Crippen molar-refractivity contribution in [1.82, 2.24) is 10.1 Å². The number of rotatable bonds is 6. The highest BCUT2D eigenvalue weighted by Gasteiger charge is 2.12. The number of aryl methyl sites for hydroxylation is 1. The molecular formula is C21H15ClN2O2S. The van der Waals surface area contributed by atoms with Crippen LogP contribution in [0.25, 0.3) is 22.5 Å². The van der Waals surface area contributed by atoms with Crippen molar-refractivity contribution in [3.63, 3.8) is 0 Å². The number of thiophene rings is 1. The van der Waals surface area contributed by atoms with E-state index in [1.807, 2.05) is 48.5 Å². The molecule has 6 heteroatoms. The SMILES string of the molecule is O=C(CCc1cc(-c2ccc(-c3ccccn3)cc2)no1)c1ccc(Cl)s1. The number of nitrogens with zero attached hydrogens (tertiary/aromatic N) is 2. The van der Waals surface area contributed by atoms with Crippen molar-refractivity contribution < 1.29 is 9.32 Å². The van der Waals surface area contributed by atoms with Crippen LogP contribution in [0, 0.1) is 0 Å². The van der Waals surface area contributed by atoms with Crippen LogP contribution in [0.4, 0.5) is 0 Å². The molecular weight excluding hydrogens is 380 g/mol. The molecule has 0 bridgehead atoms. The maximum atomic E-state index is 12.2. The van der Waals surface area contributed by atoms with Gasteiger partial charge in [-0.05, 0) is 24.3 Å². The van der Waals surface area contributed by atoms with Crippen molar-refractivity contribution in [3.05, 3.63) is 81.8 Å². The molecule has 134 valence electrons. The van der Waals surface area contributed by atoms with Crippen LogP contribution < -0.4 is 0 Å². The van der Waals surface area contributed by atoms with E-state index >= 15 is 0 Å². The number of Topliss-reactive ketones (excluding diaryl/α,β-unsaturated/α-hetero) is 1. The third-order valence-corrected chi connectivity index (χ3v) is 5.42. The van der Waals surface area contributed by atoms with Gasteiger partial charge in [-0.15, -0.1) is 11.3 Å². The number of ketones is 1. The molecule has 0 radical (unpaired) electrons. The van der Waals surface area contributed by atoms with Crippen LogP contribution >= 0.6 is 22.9 Å². The van der Waals surface area contributed by atoms with Gasteiger partial charge in [0.1, 0.15) is 11.5 Å². The van der Waals surface area contributed by atoms with E-state index in [1.165, 1.54) is 11.3 Å². The summed E-state index contributed by atoms with van der Waals surface area (Å²) < 4.78 is 6.01. The highest BCUT2D eigenvalue weighted by Crippen LogP contribution is 2.25. The van der Waals surface area contributed by atoms with Crippen LogP contribution in [0.1, 0.15) is 21.9 Å². The number of hydrogen-bond acceptors (Lipinski definition) is 5. The molecule has 4 rings (SSSR count). The molecule has 0 amide bonds. The molecule has 0 unspecified atom stereocenters. The molecule has 0 fully saturated rings. The maximum Gasteiger partial charge on any atom is 0.173 e. The second-order valence-electron chi connectivity index (χ2n) is 6.00. The normalized spacial score (nSPS) is 10.9. The van der Waals surface area contributed by atoms with E-state index < -0.39 is 0 Å². The van der Waals surface area contributed by atoms with Crippen LogP contribution in [-0.4, -0.2) is 15.9 Å². The van der Waals surface area contributed by atoms with E-state index in [-0.39, 0.29) is 5.78 Å². The summed E-state index contributed by atoms with van der Waals surface area (Å²) in [6, 6.07) is 19.2. The standard InChI is InChI=1S/C21H15ClN2O2S/c22-21-11-10-20(27-21)19(25)9-8-16-13-18(24-26-16)15-6-4-14(5-7-15)17-3-1-2-12-23-17/h1-7,10-13H,8-9H2. The van der Waals surface area contributed by atoms with Gasteiger partial charge in [0.15, 0.2) is 5.78 Å². The molecule has 0 atom stereocenters. The summed E-state index contributed by atoms with van der Waals surface area (Å²) in [5.41, 5.74) is 3.69. The lowest BCUT2D eigenvalue weighted by Gasteiger charge is -2.01. The smallest absolute Gasteiger partial charge is 0.173 e. The summed E-state index contributed by atoms with van der Waals surface area (Å²) in [4.78, 5) is 17.2. The van der Waals surface area contributed by atoms with Crippen LogP contribution in [0.5, 0.6) is 0 Å². The van der Waals surface area contributed by atoms with E-state index in [0.29, 0.717) is 27.8 Å². The first-order chi connectivity index (χ1) is 13.2. The van der Waals surface area contributed by atoms with Gasteiger partial charge in [0.05, 0.1) is 14.9 Å². The summed E-state index contributed by atoms with van der Waals surface area (Å²) in [6.45, 7) is 0. The first kappa shape index (κ1) is 17.6. The Bertz CT molecular complexity index is 1060. The second kappa shape index (κ2) is 7.86. The molecule has 3 heterocycles. The Morgan fingerprint density at radius 2 is 1.78 bits per heavy atom. The highest BCUT2D eigenvalue weighted by atomic mass is 35.5. The summed E-state index contributed by atoms with van der Waals surface area (Å²) in [7, 11) is 0. The summed E-state index contributed by atoms with van der Waals surface area (Å²) in [6.07, 6.45) is 2.65. The van der Waals surface area contributed by atoms with Gasteiger partial charge in [0, 0.05) is 36.2 Å². The van der Waals surface area contributed by atoms with Crippen molar-refractivity contribution in [2.24, 2.45) is 0 Å². The zero-order valence-corrected chi connectivity index (χ0v) is 15.8. The minimum Gasteiger partial charge on any atom is -0.361 e. The molecule has 0 aliphatic rings. The number of hydrogen-bond donors (Lipinski definition) is 0. The highest BCUT2D eigenvalue weighted by molar-refractivity contribution is 7.18. The number of carbonyl (C=O) groups is 1. The van der Waals surface area contributed by atoms with Crippen LogP contribution in [0.2, 0.25) is 4.34 Å². The van der Waals surface area contributed by atoms with Gasteiger partial charge in [-0.25, -0.2) is 0 Å². The third kappa shape index (κ3) is 4.15. The molecule has 0 N–H and O–H groups in total. The van der Waals surface area contributed by atoms with Crippen molar-refractivity contribution in [3.8, 4) is 22.5 Å². The van der Waals surface area contributed by atoms with Crippen molar-refractivity contribution in [2.45, 2.75) is 12.8 Å². The van der Waals surface area contributed by atoms with Crippen LogP contribution in [0.15, 0.2) is 71.4 Å². The molecule has 0 aliphatic carbocycles. The first-order valence-corrected chi connectivity index (χ1v) is 9.64. The number of carbonyl (C=O) groups excluding carboxylic acids is 1. The lowest BCUT2D eigenvalue weighted by atomic mass is 10.1. The minimum atomic E-state index is 0.0598. The monoisotopic (exact) mass is 394 g/mol. The molecule has 3 aromatic heterocycles. The van der Waals surface area contributed by atoms with Crippen molar-refractivity contribution in [1.29, 1.82) is 0 Å². The Balaban J connectivity index is 1.42. The van der Waals surface area contributed by atoms with Gasteiger partial charge in [-0.1, -0.05) is 47.1 Å². The fourth-order valence-electron chi connectivity index (χ4n) is 2.74. The molecule has 0 aliphatic heterocycles.